The minimum atomic E-state index is 0.409. The van der Waals surface area contributed by atoms with Crippen LogP contribution in [0.1, 0.15) is 45.1 Å². The van der Waals surface area contributed by atoms with Crippen molar-refractivity contribution < 1.29 is 0 Å². The molecule has 1 aromatic carbocycles. The molecule has 0 unspecified atom stereocenters. The first-order chi connectivity index (χ1) is 9.51. The minimum Gasteiger partial charge on any atom is -0.316 e. The zero-order valence-corrected chi connectivity index (χ0v) is 14.9. The summed E-state index contributed by atoms with van der Waals surface area (Å²) in [6, 6.07) is 6.29. The molecule has 0 amide bonds. The van der Waals surface area contributed by atoms with Gasteiger partial charge in [-0.1, -0.05) is 60.3 Å². The molecule has 2 rings (SSSR count). The summed E-state index contributed by atoms with van der Waals surface area (Å²) in [6.07, 6.45) is 6.47. The first-order valence-corrected chi connectivity index (χ1v) is 8.82. The Morgan fingerprint density at radius 1 is 1.30 bits per heavy atom. The van der Waals surface area contributed by atoms with Crippen molar-refractivity contribution in [3.05, 3.63) is 33.3 Å². The summed E-state index contributed by atoms with van der Waals surface area (Å²) in [4.78, 5) is 0. The lowest BCUT2D eigenvalue weighted by Crippen LogP contribution is -2.35. The van der Waals surface area contributed by atoms with Crippen molar-refractivity contribution in [3.63, 3.8) is 0 Å². The maximum absolute atomic E-state index is 6.40. The van der Waals surface area contributed by atoms with Gasteiger partial charge in [-0.3, -0.25) is 0 Å². The van der Waals surface area contributed by atoms with E-state index in [1.807, 2.05) is 6.07 Å². The summed E-state index contributed by atoms with van der Waals surface area (Å²) in [5.41, 5.74) is 1.70. The first-order valence-electron chi connectivity index (χ1n) is 7.65. The van der Waals surface area contributed by atoms with Gasteiger partial charge in [-0.05, 0) is 54.8 Å². The number of rotatable bonds is 6. The molecule has 0 saturated heterocycles. The molecule has 1 saturated carbocycles. The second kappa shape index (κ2) is 7.29. The molecule has 0 aliphatic heterocycles. The van der Waals surface area contributed by atoms with E-state index in [4.69, 9.17) is 11.6 Å². The fourth-order valence-electron chi connectivity index (χ4n) is 3.24. The van der Waals surface area contributed by atoms with Crippen molar-refractivity contribution in [2.45, 2.75) is 46.0 Å². The Labute approximate surface area is 136 Å². The van der Waals surface area contributed by atoms with Gasteiger partial charge in [0.15, 0.2) is 0 Å². The average Bonchev–Trinajstić information content (AvgIpc) is 2.81. The van der Waals surface area contributed by atoms with Crippen molar-refractivity contribution in [3.8, 4) is 0 Å². The van der Waals surface area contributed by atoms with Gasteiger partial charge in [0.25, 0.3) is 0 Å². The zero-order chi connectivity index (χ0) is 14.6. The zero-order valence-electron chi connectivity index (χ0n) is 12.5. The topological polar surface area (TPSA) is 12.0 Å². The van der Waals surface area contributed by atoms with Gasteiger partial charge in [-0.2, -0.15) is 0 Å². The van der Waals surface area contributed by atoms with Gasteiger partial charge < -0.3 is 5.32 Å². The Kier molecular flexibility index (Phi) is 5.95. The lowest BCUT2D eigenvalue weighted by atomic mass is 9.80. The largest absolute Gasteiger partial charge is 0.316 e. The van der Waals surface area contributed by atoms with Crippen LogP contribution in [0.4, 0.5) is 0 Å². The summed E-state index contributed by atoms with van der Waals surface area (Å²) in [7, 11) is 0. The monoisotopic (exact) mass is 357 g/mol. The van der Waals surface area contributed by atoms with Gasteiger partial charge in [-0.25, -0.2) is 0 Å². The van der Waals surface area contributed by atoms with Crippen LogP contribution in [0, 0.1) is 11.3 Å². The van der Waals surface area contributed by atoms with Gasteiger partial charge in [0, 0.05) is 16.0 Å². The maximum Gasteiger partial charge on any atom is 0.0449 e. The molecular formula is C17H25BrClN. The van der Waals surface area contributed by atoms with E-state index in [0.29, 0.717) is 11.3 Å². The lowest BCUT2D eigenvalue weighted by Gasteiger charge is -2.30. The van der Waals surface area contributed by atoms with E-state index in [2.05, 4.69) is 47.2 Å². The van der Waals surface area contributed by atoms with Crippen molar-refractivity contribution in [1.29, 1.82) is 0 Å². The summed E-state index contributed by atoms with van der Waals surface area (Å²) in [5.74, 6) is 0.713. The minimum absolute atomic E-state index is 0.409. The number of nitrogens with one attached hydrogen (secondary N) is 1. The summed E-state index contributed by atoms with van der Waals surface area (Å²) < 4.78 is 1.06. The molecule has 0 aromatic heterocycles. The number of hydrogen-bond donors (Lipinski definition) is 1. The Morgan fingerprint density at radius 3 is 2.60 bits per heavy atom. The third-order valence-corrected chi connectivity index (χ3v) is 5.14. The Morgan fingerprint density at radius 2 is 2.00 bits per heavy atom. The highest BCUT2D eigenvalue weighted by Gasteiger charge is 2.34. The van der Waals surface area contributed by atoms with Crippen molar-refractivity contribution in [2.75, 3.05) is 13.1 Å². The molecule has 0 radical (unpaired) electrons. The SMILES string of the molecule is CC(C)CNCC1(Cc2ccc(Br)cc2Cl)CCCC1. The van der Waals surface area contributed by atoms with E-state index in [9.17, 15) is 0 Å². The molecule has 1 nitrogen and oxygen atoms in total. The van der Waals surface area contributed by atoms with Crippen LogP contribution in [0.5, 0.6) is 0 Å². The van der Waals surface area contributed by atoms with Crippen LogP contribution in [-0.2, 0) is 6.42 Å². The van der Waals surface area contributed by atoms with Crippen molar-refractivity contribution in [1.82, 2.24) is 5.32 Å². The molecule has 0 atom stereocenters. The van der Waals surface area contributed by atoms with Crippen LogP contribution in [0.25, 0.3) is 0 Å². The second-order valence-electron chi connectivity index (χ2n) is 6.64. The van der Waals surface area contributed by atoms with Gasteiger partial charge in [0.05, 0.1) is 0 Å². The fourth-order valence-corrected chi connectivity index (χ4v) is 3.98. The second-order valence-corrected chi connectivity index (χ2v) is 7.97. The molecule has 1 N–H and O–H groups in total. The summed E-state index contributed by atoms with van der Waals surface area (Å²) in [6.45, 7) is 6.76. The van der Waals surface area contributed by atoms with Gasteiger partial charge in [0.2, 0.25) is 0 Å². The molecule has 0 bridgehead atoms. The average molecular weight is 359 g/mol. The smallest absolute Gasteiger partial charge is 0.0449 e. The molecule has 1 aromatic rings. The molecular weight excluding hydrogens is 334 g/mol. The molecule has 1 aliphatic carbocycles. The highest BCUT2D eigenvalue weighted by atomic mass is 79.9. The van der Waals surface area contributed by atoms with E-state index in [1.54, 1.807) is 0 Å². The van der Waals surface area contributed by atoms with E-state index in [0.717, 1.165) is 29.0 Å². The van der Waals surface area contributed by atoms with Crippen molar-refractivity contribution in [2.24, 2.45) is 11.3 Å². The quantitative estimate of drug-likeness (QED) is 0.713. The number of hydrogen-bond acceptors (Lipinski definition) is 1. The Bertz CT molecular complexity index is 439. The van der Waals surface area contributed by atoms with Gasteiger partial charge in [-0.15, -0.1) is 0 Å². The number of benzene rings is 1. The van der Waals surface area contributed by atoms with E-state index >= 15 is 0 Å². The first kappa shape index (κ1) is 16.3. The van der Waals surface area contributed by atoms with Crippen LogP contribution in [-0.4, -0.2) is 13.1 Å². The van der Waals surface area contributed by atoms with Crippen LogP contribution in [0.3, 0.4) is 0 Å². The maximum atomic E-state index is 6.40. The third kappa shape index (κ3) is 4.47. The van der Waals surface area contributed by atoms with Crippen LogP contribution in [0.15, 0.2) is 22.7 Å². The van der Waals surface area contributed by atoms with Crippen LogP contribution in [0.2, 0.25) is 5.02 Å². The lowest BCUT2D eigenvalue weighted by molar-refractivity contribution is 0.273. The van der Waals surface area contributed by atoms with Crippen molar-refractivity contribution >= 4 is 27.5 Å². The molecule has 0 spiro atoms. The Balaban J connectivity index is 2.04. The molecule has 20 heavy (non-hydrogen) atoms. The Hall–Kier alpha value is -0.0500. The predicted molar refractivity (Wildman–Crippen MR) is 91.5 cm³/mol. The molecule has 1 fully saturated rings. The third-order valence-electron chi connectivity index (χ3n) is 4.30. The fraction of sp³-hybridized carbons (Fsp3) is 0.647. The van der Waals surface area contributed by atoms with E-state index in [-0.39, 0.29) is 0 Å². The normalized spacial score (nSPS) is 17.9. The standard InChI is InChI=1S/C17H25BrClN/c1-13(2)11-20-12-17(7-3-4-8-17)10-14-5-6-15(18)9-16(14)19/h5-6,9,13,20H,3-4,7-8,10-12H2,1-2H3. The molecule has 3 heteroatoms. The summed E-state index contributed by atoms with van der Waals surface area (Å²) >= 11 is 9.89. The van der Waals surface area contributed by atoms with E-state index in [1.165, 1.54) is 31.2 Å². The number of halogens is 2. The van der Waals surface area contributed by atoms with Crippen LogP contribution < -0.4 is 5.32 Å². The molecule has 0 heterocycles. The van der Waals surface area contributed by atoms with Crippen LogP contribution >= 0.6 is 27.5 Å². The predicted octanol–water partition coefficient (Wildman–Crippen LogP) is 5.45. The molecule has 112 valence electrons. The molecule has 1 aliphatic rings. The van der Waals surface area contributed by atoms with Gasteiger partial charge in [0.1, 0.15) is 0 Å². The summed E-state index contributed by atoms with van der Waals surface area (Å²) in [5, 5.41) is 4.56. The highest BCUT2D eigenvalue weighted by Crippen LogP contribution is 2.41. The van der Waals surface area contributed by atoms with E-state index < -0.39 is 0 Å². The highest BCUT2D eigenvalue weighted by molar-refractivity contribution is 9.10. The van der Waals surface area contributed by atoms with Gasteiger partial charge >= 0.3 is 0 Å².